The topological polar surface area (TPSA) is 109 Å². The number of aromatic nitrogens is 1. The maximum Gasteiger partial charge on any atom is 0.338 e. The van der Waals surface area contributed by atoms with Gasteiger partial charge < -0.3 is 23.8 Å². The molecule has 1 fully saturated rings. The molecule has 2 aliphatic heterocycles. The largest absolute Gasteiger partial charge is 0.490 e. The summed E-state index contributed by atoms with van der Waals surface area (Å²) in [4.78, 5) is 47.9. The summed E-state index contributed by atoms with van der Waals surface area (Å²) in [5, 5.41) is 0. The third kappa shape index (κ3) is 7.34. The number of fused-ring (bicyclic) bond motifs is 1. The normalized spacial score (nSPS) is 16.8. The van der Waals surface area contributed by atoms with Crippen LogP contribution in [0.4, 0.5) is 0 Å². The number of amides is 1. The highest BCUT2D eigenvalue weighted by molar-refractivity contribution is 7.98. The minimum Gasteiger partial charge on any atom is -0.490 e. The summed E-state index contributed by atoms with van der Waals surface area (Å²) in [6.45, 7) is 9.62. The monoisotopic (exact) mass is 651 g/mol. The van der Waals surface area contributed by atoms with Gasteiger partial charge in [-0.3, -0.25) is 14.2 Å². The molecule has 45 heavy (non-hydrogen) atoms. The molecular weight excluding hydrogens is 615 g/mol. The number of thioether (sulfide) groups is 1. The van der Waals surface area contributed by atoms with Crippen molar-refractivity contribution in [1.29, 1.82) is 0 Å². The lowest BCUT2D eigenvalue weighted by molar-refractivity contribution is -0.143. The average Bonchev–Trinajstić information content (AvgIpc) is 3.33. The molecule has 0 spiro atoms. The van der Waals surface area contributed by atoms with E-state index in [1.54, 1.807) is 60.2 Å². The van der Waals surface area contributed by atoms with Crippen molar-refractivity contribution in [2.75, 3.05) is 45.8 Å². The first-order chi connectivity index (χ1) is 21.7. The molecule has 3 heterocycles. The third-order valence-electron chi connectivity index (χ3n) is 7.30. The molecule has 0 bridgehead atoms. The Morgan fingerprint density at radius 3 is 2.51 bits per heavy atom. The number of hydrogen-bond acceptors (Lipinski definition) is 10. The number of hydrogen-bond donors (Lipinski definition) is 0. The van der Waals surface area contributed by atoms with Crippen molar-refractivity contribution in [2.24, 2.45) is 4.99 Å². The molecule has 10 nitrogen and oxygen atoms in total. The van der Waals surface area contributed by atoms with E-state index in [9.17, 15) is 14.4 Å². The van der Waals surface area contributed by atoms with E-state index in [0.29, 0.717) is 70.6 Å². The van der Waals surface area contributed by atoms with Crippen LogP contribution in [0.5, 0.6) is 11.5 Å². The summed E-state index contributed by atoms with van der Waals surface area (Å²) in [6, 6.07) is 12.5. The van der Waals surface area contributed by atoms with Crippen LogP contribution in [-0.2, 0) is 19.1 Å². The van der Waals surface area contributed by atoms with Gasteiger partial charge >= 0.3 is 5.97 Å². The predicted octanol–water partition coefficient (Wildman–Crippen LogP) is 3.55. The highest BCUT2D eigenvalue weighted by Gasteiger charge is 2.33. The lowest BCUT2D eigenvalue weighted by Crippen LogP contribution is -2.43. The van der Waals surface area contributed by atoms with Gasteiger partial charge in [0, 0.05) is 18.0 Å². The molecule has 2 aliphatic rings. The fraction of sp³-hybridized carbons (Fsp3) is 0.394. The Labute approximate surface area is 270 Å². The standard InChI is InChI=1S/C33H37N3O7S2/c1-6-41-26-17-22(7-12-25(26)42-19-28(37)35-13-15-40-16-14-35)18-27-31(38)36-30(23-8-10-24(44-5)11-9-23)29(32(39)43-20(2)3)21(4)34-33(36)45-27/h7-12,17-18,20,30H,6,13-16,19H2,1-5H3/b27-18-/t30-/m1/s1. The van der Waals surface area contributed by atoms with Crippen molar-refractivity contribution in [2.45, 2.75) is 44.7 Å². The number of allylic oxidation sites excluding steroid dienone is 1. The Morgan fingerprint density at radius 1 is 1.11 bits per heavy atom. The fourth-order valence-electron chi connectivity index (χ4n) is 5.16. The number of rotatable bonds is 10. The molecule has 0 unspecified atom stereocenters. The Bertz CT molecular complexity index is 1770. The lowest BCUT2D eigenvalue weighted by atomic mass is 9.96. The fourth-order valence-corrected chi connectivity index (χ4v) is 6.61. The molecule has 12 heteroatoms. The Morgan fingerprint density at radius 2 is 1.84 bits per heavy atom. The number of esters is 1. The second kappa shape index (κ2) is 14.5. The number of carbonyl (C=O) groups excluding carboxylic acids is 2. The molecule has 5 rings (SSSR count). The van der Waals surface area contributed by atoms with Crippen LogP contribution in [0.15, 0.2) is 68.4 Å². The van der Waals surface area contributed by atoms with Gasteiger partial charge in [-0.15, -0.1) is 11.8 Å². The van der Waals surface area contributed by atoms with Crippen LogP contribution in [0, 0.1) is 0 Å². The molecule has 0 N–H and O–H groups in total. The molecule has 1 saturated heterocycles. The second-order valence-electron chi connectivity index (χ2n) is 10.7. The smallest absolute Gasteiger partial charge is 0.338 e. The third-order valence-corrected chi connectivity index (χ3v) is 9.02. The van der Waals surface area contributed by atoms with Gasteiger partial charge in [-0.1, -0.05) is 29.5 Å². The number of morpholine rings is 1. The predicted molar refractivity (Wildman–Crippen MR) is 174 cm³/mol. The van der Waals surface area contributed by atoms with Gasteiger partial charge in [-0.2, -0.15) is 0 Å². The van der Waals surface area contributed by atoms with Crippen molar-refractivity contribution < 1.29 is 28.5 Å². The number of thiazole rings is 1. The highest BCUT2D eigenvalue weighted by Crippen LogP contribution is 2.32. The summed E-state index contributed by atoms with van der Waals surface area (Å²) in [5.74, 6) is 0.295. The van der Waals surface area contributed by atoms with Crippen molar-refractivity contribution in [3.8, 4) is 11.5 Å². The van der Waals surface area contributed by atoms with Crippen LogP contribution in [0.2, 0.25) is 0 Å². The molecule has 1 amide bonds. The van der Waals surface area contributed by atoms with Crippen LogP contribution in [-0.4, -0.2) is 73.2 Å². The van der Waals surface area contributed by atoms with E-state index in [1.165, 1.54) is 11.3 Å². The van der Waals surface area contributed by atoms with E-state index in [0.717, 1.165) is 10.5 Å². The van der Waals surface area contributed by atoms with Gasteiger partial charge in [0.2, 0.25) is 0 Å². The van der Waals surface area contributed by atoms with E-state index >= 15 is 0 Å². The van der Waals surface area contributed by atoms with E-state index in [-0.39, 0.29) is 24.2 Å². The van der Waals surface area contributed by atoms with Gasteiger partial charge in [0.15, 0.2) is 22.9 Å². The van der Waals surface area contributed by atoms with Crippen LogP contribution < -0.4 is 24.4 Å². The summed E-state index contributed by atoms with van der Waals surface area (Å²) >= 11 is 2.87. The first kappa shape index (κ1) is 32.5. The minimum atomic E-state index is -0.690. The molecule has 0 aliphatic carbocycles. The van der Waals surface area contributed by atoms with Crippen molar-refractivity contribution in [3.05, 3.63) is 84.5 Å². The van der Waals surface area contributed by atoms with Crippen LogP contribution >= 0.6 is 23.1 Å². The molecule has 3 aromatic rings. The Kier molecular flexibility index (Phi) is 10.5. The van der Waals surface area contributed by atoms with E-state index in [2.05, 4.69) is 4.99 Å². The first-order valence-corrected chi connectivity index (χ1v) is 16.9. The Hall–Kier alpha value is -3.87. The van der Waals surface area contributed by atoms with Gasteiger partial charge in [0.05, 0.1) is 47.8 Å². The number of nitrogens with zero attached hydrogens (tertiary/aromatic N) is 3. The SMILES string of the molecule is CCOc1cc(/C=c2\sc3n(c2=O)[C@H](c2ccc(SC)cc2)C(C(=O)OC(C)C)=C(C)N=3)ccc1OCC(=O)N1CCOCC1. The van der Waals surface area contributed by atoms with Gasteiger partial charge in [0.1, 0.15) is 0 Å². The lowest BCUT2D eigenvalue weighted by Gasteiger charge is -2.26. The molecule has 1 aromatic heterocycles. The zero-order valence-corrected chi connectivity index (χ0v) is 27.7. The maximum absolute atomic E-state index is 14.0. The minimum absolute atomic E-state index is 0.114. The number of carbonyl (C=O) groups is 2. The summed E-state index contributed by atoms with van der Waals surface area (Å²) in [5.41, 5.74) is 2.09. The van der Waals surface area contributed by atoms with Crippen molar-refractivity contribution >= 4 is 41.1 Å². The number of ether oxygens (including phenoxy) is 4. The average molecular weight is 652 g/mol. The van der Waals surface area contributed by atoms with Gasteiger partial charge in [-0.25, -0.2) is 9.79 Å². The zero-order chi connectivity index (χ0) is 32.1. The van der Waals surface area contributed by atoms with E-state index in [4.69, 9.17) is 18.9 Å². The van der Waals surface area contributed by atoms with Crippen molar-refractivity contribution in [3.63, 3.8) is 0 Å². The first-order valence-electron chi connectivity index (χ1n) is 14.8. The molecule has 0 radical (unpaired) electrons. The molecular formula is C33H37N3O7S2. The summed E-state index contributed by atoms with van der Waals surface area (Å²) in [6.07, 6.45) is 3.44. The van der Waals surface area contributed by atoms with Crippen molar-refractivity contribution in [1.82, 2.24) is 9.47 Å². The molecule has 2 aromatic carbocycles. The summed E-state index contributed by atoms with van der Waals surface area (Å²) in [7, 11) is 0. The molecule has 238 valence electrons. The highest BCUT2D eigenvalue weighted by atomic mass is 32.2. The van der Waals surface area contributed by atoms with Crippen LogP contribution in [0.3, 0.4) is 0 Å². The van der Waals surface area contributed by atoms with E-state index in [1.807, 2.05) is 43.5 Å². The summed E-state index contributed by atoms with van der Waals surface area (Å²) < 4.78 is 24.6. The Balaban J connectivity index is 1.51. The van der Waals surface area contributed by atoms with Crippen LogP contribution in [0.1, 0.15) is 44.9 Å². The number of benzene rings is 2. The maximum atomic E-state index is 14.0. The molecule has 0 saturated carbocycles. The van der Waals surface area contributed by atoms with Gasteiger partial charge in [0.25, 0.3) is 11.5 Å². The van der Waals surface area contributed by atoms with E-state index < -0.39 is 12.0 Å². The van der Waals surface area contributed by atoms with Gasteiger partial charge in [-0.05, 0) is 75.4 Å². The van der Waals surface area contributed by atoms with Crippen LogP contribution in [0.25, 0.3) is 6.08 Å². The second-order valence-corrected chi connectivity index (χ2v) is 12.6. The molecule has 1 atom stereocenters. The zero-order valence-electron chi connectivity index (χ0n) is 26.0. The quantitative estimate of drug-likeness (QED) is 0.242.